The van der Waals surface area contributed by atoms with Crippen molar-refractivity contribution < 1.29 is 4.79 Å². The van der Waals surface area contributed by atoms with Gasteiger partial charge < -0.3 is 15.2 Å². The smallest absolute Gasteiger partial charge is 0.323 e. The van der Waals surface area contributed by atoms with Crippen molar-refractivity contribution in [3.63, 3.8) is 0 Å². The van der Waals surface area contributed by atoms with Crippen molar-refractivity contribution in [2.45, 2.75) is 0 Å². The van der Waals surface area contributed by atoms with E-state index in [4.69, 9.17) is 23.2 Å². The number of aromatic nitrogens is 1. The highest BCUT2D eigenvalue weighted by molar-refractivity contribution is 6.44. The standard InChI is InChI=1S/C17H13Cl2N3O/c18-14-4-3-5-15(16(14)19)21-17(23)20-12-6-8-13(9-7-12)22-10-1-2-11-22/h1-11H,(H2,20,21,23). The molecule has 0 fully saturated rings. The summed E-state index contributed by atoms with van der Waals surface area (Å²) in [5, 5.41) is 6.12. The topological polar surface area (TPSA) is 46.1 Å². The highest BCUT2D eigenvalue weighted by Crippen LogP contribution is 2.29. The van der Waals surface area contributed by atoms with E-state index < -0.39 is 0 Å². The summed E-state index contributed by atoms with van der Waals surface area (Å²) < 4.78 is 1.98. The molecule has 1 heterocycles. The zero-order valence-corrected chi connectivity index (χ0v) is 13.5. The Hall–Kier alpha value is -2.43. The van der Waals surface area contributed by atoms with E-state index in [0.29, 0.717) is 21.4 Å². The minimum Gasteiger partial charge on any atom is -0.324 e. The molecule has 0 bridgehead atoms. The van der Waals surface area contributed by atoms with Gasteiger partial charge in [-0.15, -0.1) is 0 Å². The number of halogens is 2. The van der Waals surface area contributed by atoms with Crippen molar-refractivity contribution in [3.8, 4) is 5.69 Å². The van der Waals surface area contributed by atoms with Gasteiger partial charge in [-0.3, -0.25) is 0 Å². The molecule has 0 spiro atoms. The van der Waals surface area contributed by atoms with Crippen molar-refractivity contribution >= 4 is 40.6 Å². The van der Waals surface area contributed by atoms with Crippen LogP contribution in [-0.2, 0) is 0 Å². The summed E-state index contributed by atoms with van der Waals surface area (Å²) in [5.41, 5.74) is 2.15. The molecule has 2 N–H and O–H groups in total. The average Bonchev–Trinajstić information content (AvgIpc) is 3.07. The first-order chi connectivity index (χ1) is 11.1. The molecule has 0 atom stereocenters. The lowest BCUT2D eigenvalue weighted by atomic mass is 10.3. The number of urea groups is 1. The van der Waals surface area contributed by atoms with Crippen LogP contribution in [0.5, 0.6) is 0 Å². The molecule has 0 aliphatic heterocycles. The maximum absolute atomic E-state index is 12.0. The molecule has 3 aromatic rings. The van der Waals surface area contributed by atoms with Gasteiger partial charge in [-0.05, 0) is 48.5 Å². The quantitative estimate of drug-likeness (QED) is 0.653. The van der Waals surface area contributed by atoms with Crippen LogP contribution in [0, 0.1) is 0 Å². The maximum Gasteiger partial charge on any atom is 0.323 e. The maximum atomic E-state index is 12.0. The Labute approximate surface area is 143 Å². The van der Waals surface area contributed by atoms with Gasteiger partial charge in [-0.25, -0.2) is 4.79 Å². The Morgan fingerprint density at radius 2 is 1.57 bits per heavy atom. The molecule has 3 rings (SSSR count). The van der Waals surface area contributed by atoms with E-state index in [1.807, 2.05) is 53.4 Å². The lowest BCUT2D eigenvalue weighted by Gasteiger charge is -2.10. The molecule has 116 valence electrons. The van der Waals surface area contributed by atoms with Crippen LogP contribution in [0.1, 0.15) is 0 Å². The van der Waals surface area contributed by atoms with Gasteiger partial charge in [0, 0.05) is 23.8 Å². The number of benzene rings is 2. The number of carbonyl (C=O) groups is 1. The number of nitrogens with one attached hydrogen (secondary N) is 2. The van der Waals surface area contributed by atoms with Gasteiger partial charge in [-0.2, -0.15) is 0 Å². The predicted molar refractivity (Wildman–Crippen MR) is 94.9 cm³/mol. The van der Waals surface area contributed by atoms with E-state index in [9.17, 15) is 4.79 Å². The van der Waals surface area contributed by atoms with E-state index in [0.717, 1.165) is 5.69 Å². The van der Waals surface area contributed by atoms with E-state index >= 15 is 0 Å². The van der Waals surface area contributed by atoms with Crippen LogP contribution >= 0.6 is 23.2 Å². The minimum absolute atomic E-state index is 0.312. The van der Waals surface area contributed by atoms with Crippen LogP contribution in [0.3, 0.4) is 0 Å². The summed E-state index contributed by atoms with van der Waals surface area (Å²) >= 11 is 12.0. The summed E-state index contributed by atoms with van der Waals surface area (Å²) in [6, 6.07) is 16.1. The number of hydrogen-bond acceptors (Lipinski definition) is 1. The SMILES string of the molecule is O=C(Nc1ccc(-n2cccc2)cc1)Nc1cccc(Cl)c1Cl. The number of anilines is 2. The molecule has 1 aromatic heterocycles. The lowest BCUT2D eigenvalue weighted by Crippen LogP contribution is -2.19. The average molecular weight is 346 g/mol. The molecule has 0 radical (unpaired) electrons. The number of carbonyl (C=O) groups excluding carboxylic acids is 1. The molecule has 23 heavy (non-hydrogen) atoms. The number of amides is 2. The van der Waals surface area contributed by atoms with Crippen LogP contribution in [0.2, 0.25) is 10.0 Å². The minimum atomic E-state index is -0.386. The normalized spacial score (nSPS) is 10.3. The van der Waals surface area contributed by atoms with Gasteiger partial charge >= 0.3 is 6.03 Å². The predicted octanol–water partition coefficient (Wildman–Crippen LogP) is 5.43. The van der Waals surface area contributed by atoms with Gasteiger partial charge in [0.2, 0.25) is 0 Å². The van der Waals surface area contributed by atoms with E-state index in [1.165, 1.54) is 0 Å². The Kier molecular flexibility index (Phi) is 4.55. The van der Waals surface area contributed by atoms with Crippen LogP contribution in [-0.4, -0.2) is 10.6 Å². The summed E-state index contributed by atoms with van der Waals surface area (Å²) in [7, 11) is 0. The second-order valence-electron chi connectivity index (χ2n) is 4.82. The summed E-state index contributed by atoms with van der Waals surface area (Å²) in [6.45, 7) is 0. The summed E-state index contributed by atoms with van der Waals surface area (Å²) in [5.74, 6) is 0. The second kappa shape index (κ2) is 6.77. The van der Waals surface area contributed by atoms with Crippen molar-refractivity contribution in [1.82, 2.24) is 4.57 Å². The first-order valence-corrected chi connectivity index (χ1v) is 7.64. The zero-order valence-electron chi connectivity index (χ0n) is 12.0. The monoisotopic (exact) mass is 345 g/mol. The molecule has 0 aliphatic carbocycles. The molecule has 2 aromatic carbocycles. The van der Waals surface area contributed by atoms with E-state index in [-0.39, 0.29) is 6.03 Å². The van der Waals surface area contributed by atoms with Gasteiger partial charge in [-0.1, -0.05) is 29.3 Å². The molecule has 0 aliphatic rings. The van der Waals surface area contributed by atoms with Crippen molar-refractivity contribution in [1.29, 1.82) is 0 Å². The van der Waals surface area contributed by atoms with Gasteiger partial charge in [0.1, 0.15) is 0 Å². The van der Waals surface area contributed by atoms with E-state index in [1.54, 1.807) is 18.2 Å². The molecule has 2 amide bonds. The molecule has 0 unspecified atom stereocenters. The van der Waals surface area contributed by atoms with Crippen LogP contribution in [0.15, 0.2) is 67.0 Å². The van der Waals surface area contributed by atoms with Gasteiger partial charge in [0.25, 0.3) is 0 Å². The van der Waals surface area contributed by atoms with Gasteiger partial charge in [0.15, 0.2) is 0 Å². The third-order valence-corrected chi connectivity index (χ3v) is 4.05. The lowest BCUT2D eigenvalue weighted by molar-refractivity contribution is 0.262. The number of nitrogens with zero attached hydrogens (tertiary/aromatic N) is 1. The summed E-state index contributed by atoms with van der Waals surface area (Å²) in [6.07, 6.45) is 3.91. The van der Waals surface area contributed by atoms with Crippen LogP contribution in [0.25, 0.3) is 5.69 Å². The fourth-order valence-corrected chi connectivity index (χ4v) is 2.46. The molecular weight excluding hydrogens is 333 g/mol. The first kappa shape index (κ1) is 15.5. The van der Waals surface area contributed by atoms with Crippen molar-refractivity contribution in [2.75, 3.05) is 10.6 Å². The Morgan fingerprint density at radius 1 is 0.870 bits per heavy atom. The molecule has 6 heteroatoms. The second-order valence-corrected chi connectivity index (χ2v) is 5.60. The Morgan fingerprint density at radius 3 is 2.26 bits per heavy atom. The highest BCUT2D eigenvalue weighted by Gasteiger charge is 2.08. The zero-order chi connectivity index (χ0) is 16.2. The number of hydrogen-bond donors (Lipinski definition) is 2. The fourth-order valence-electron chi connectivity index (χ4n) is 2.11. The number of rotatable bonds is 3. The Balaban J connectivity index is 1.67. The first-order valence-electron chi connectivity index (χ1n) is 6.89. The highest BCUT2D eigenvalue weighted by atomic mass is 35.5. The van der Waals surface area contributed by atoms with Crippen LogP contribution < -0.4 is 10.6 Å². The molecule has 4 nitrogen and oxygen atoms in total. The van der Waals surface area contributed by atoms with Crippen LogP contribution in [0.4, 0.5) is 16.2 Å². The summed E-state index contributed by atoms with van der Waals surface area (Å²) in [4.78, 5) is 12.0. The molecule has 0 saturated heterocycles. The fraction of sp³-hybridized carbons (Fsp3) is 0. The molecular formula is C17H13Cl2N3O. The molecule has 0 saturated carbocycles. The third kappa shape index (κ3) is 3.67. The van der Waals surface area contributed by atoms with Crippen molar-refractivity contribution in [3.05, 3.63) is 77.0 Å². The third-order valence-electron chi connectivity index (χ3n) is 3.23. The van der Waals surface area contributed by atoms with E-state index in [2.05, 4.69) is 10.6 Å². The van der Waals surface area contributed by atoms with Gasteiger partial charge in [0.05, 0.1) is 15.7 Å². The van der Waals surface area contributed by atoms with Crippen molar-refractivity contribution in [2.24, 2.45) is 0 Å². The largest absolute Gasteiger partial charge is 0.324 e. The Bertz CT molecular complexity index is 814.